The number of amides is 2. The van der Waals surface area contributed by atoms with Crippen LogP contribution in [0, 0.1) is 0 Å². The fraction of sp³-hybridized carbons (Fsp3) is 0.111. The topological polar surface area (TPSA) is 58.2 Å². The minimum atomic E-state index is -0.270. The van der Waals surface area contributed by atoms with Gasteiger partial charge in [-0.15, -0.1) is 6.58 Å². The van der Waals surface area contributed by atoms with Crippen molar-refractivity contribution in [2.75, 3.05) is 13.1 Å². The molecule has 0 spiro atoms. The molecule has 112 valence electrons. The van der Waals surface area contributed by atoms with Crippen LogP contribution in [-0.4, -0.2) is 24.9 Å². The smallest absolute Gasteiger partial charge is 0.251 e. The summed E-state index contributed by atoms with van der Waals surface area (Å²) >= 11 is 0. The van der Waals surface area contributed by atoms with Gasteiger partial charge in [-0.1, -0.05) is 48.5 Å². The number of hydrogen-bond acceptors (Lipinski definition) is 2. The van der Waals surface area contributed by atoms with Crippen molar-refractivity contribution in [1.82, 2.24) is 10.6 Å². The molecule has 2 aromatic carbocycles. The fourth-order valence-corrected chi connectivity index (χ4v) is 1.96. The molecule has 0 aliphatic carbocycles. The van der Waals surface area contributed by atoms with E-state index in [9.17, 15) is 9.59 Å². The maximum absolute atomic E-state index is 12.0. The maximum atomic E-state index is 12.0. The molecule has 0 aliphatic rings. The van der Waals surface area contributed by atoms with E-state index < -0.39 is 0 Å². The van der Waals surface area contributed by atoms with Gasteiger partial charge in [0.1, 0.15) is 0 Å². The van der Waals surface area contributed by atoms with Crippen molar-refractivity contribution in [2.45, 2.75) is 0 Å². The molecular formula is C18H18N2O2. The predicted molar refractivity (Wildman–Crippen MR) is 87.4 cm³/mol. The molecule has 4 heteroatoms. The summed E-state index contributed by atoms with van der Waals surface area (Å²) in [4.78, 5) is 23.4. The summed E-state index contributed by atoms with van der Waals surface area (Å²) in [5, 5.41) is 5.18. The SMILES string of the molecule is C=CCNC(=O)CNC(=O)c1ccc(-c2ccccc2)cc1. The summed E-state index contributed by atoms with van der Waals surface area (Å²) in [7, 11) is 0. The van der Waals surface area contributed by atoms with Crippen molar-refractivity contribution in [3.8, 4) is 11.1 Å². The van der Waals surface area contributed by atoms with Crippen LogP contribution in [0.5, 0.6) is 0 Å². The Balaban J connectivity index is 1.94. The second kappa shape index (κ2) is 7.78. The van der Waals surface area contributed by atoms with E-state index in [0.29, 0.717) is 12.1 Å². The van der Waals surface area contributed by atoms with Crippen LogP contribution in [0.15, 0.2) is 67.3 Å². The Morgan fingerprint density at radius 2 is 1.55 bits per heavy atom. The molecule has 22 heavy (non-hydrogen) atoms. The van der Waals surface area contributed by atoms with Crippen molar-refractivity contribution in [3.05, 3.63) is 72.8 Å². The van der Waals surface area contributed by atoms with Crippen LogP contribution >= 0.6 is 0 Å². The van der Waals surface area contributed by atoms with Gasteiger partial charge in [-0.25, -0.2) is 0 Å². The number of carbonyl (C=O) groups excluding carboxylic acids is 2. The first-order valence-corrected chi connectivity index (χ1v) is 7.02. The van der Waals surface area contributed by atoms with Crippen LogP contribution in [0.3, 0.4) is 0 Å². The van der Waals surface area contributed by atoms with E-state index in [1.54, 1.807) is 18.2 Å². The van der Waals surface area contributed by atoms with Crippen LogP contribution in [0.25, 0.3) is 11.1 Å². The van der Waals surface area contributed by atoms with Gasteiger partial charge in [0, 0.05) is 12.1 Å². The van der Waals surface area contributed by atoms with E-state index in [4.69, 9.17) is 0 Å². The summed E-state index contributed by atoms with van der Waals surface area (Å²) in [5.41, 5.74) is 2.66. The highest BCUT2D eigenvalue weighted by Crippen LogP contribution is 2.19. The molecule has 4 nitrogen and oxygen atoms in total. The summed E-state index contributed by atoms with van der Waals surface area (Å²) < 4.78 is 0. The van der Waals surface area contributed by atoms with Gasteiger partial charge in [0.2, 0.25) is 5.91 Å². The molecule has 0 atom stereocenters. The van der Waals surface area contributed by atoms with Crippen LogP contribution < -0.4 is 10.6 Å². The molecule has 2 N–H and O–H groups in total. The Bertz CT molecular complexity index is 649. The fourth-order valence-electron chi connectivity index (χ4n) is 1.96. The van der Waals surface area contributed by atoms with E-state index in [1.807, 2.05) is 42.5 Å². The molecule has 0 fully saturated rings. The third-order valence-electron chi connectivity index (χ3n) is 3.11. The van der Waals surface area contributed by atoms with Gasteiger partial charge in [0.05, 0.1) is 6.54 Å². The van der Waals surface area contributed by atoms with Crippen molar-refractivity contribution in [1.29, 1.82) is 0 Å². The Kier molecular flexibility index (Phi) is 5.49. The molecule has 0 unspecified atom stereocenters. The average molecular weight is 294 g/mol. The molecule has 2 amide bonds. The first-order chi connectivity index (χ1) is 10.7. The zero-order valence-corrected chi connectivity index (χ0v) is 12.2. The molecule has 0 heterocycles. The highest BCUT2D eigenvalue weighted by Gasteiger charge is 2.07. The van der Waals surface area contributed by atoms with Gasteiger partial charge in [-0.05, 0) is 23.3 Å². The van der Waals surface area contributed by atoms with Gasteiger partial charge >= 0.3 is 0 Å². The third kappa shape index (κ3) is 4.31. The molecule has 0 radical (unpaired) electrons. The highest BCUT2D eigenvalue weighted by molar-refractivity contribution is 5.96. The van der Waals surface area contributed by atoms with E-state index in [1.165, 1.54) is 0 Å². The molecule has 2 rings (SSSR count). The van der Waals surface area contributed by atoms with Gasteiger partial charge in [-0.3, -0.25) is 9.59 Å². The normalized spacial score (nSPS) is 9.82. The van der Waals surface area contributed by atoms with Gasteiger partial charge in [0.15, 0.2) is 0 Å². The summed E-state index contributed by atoms with van der Waals surface area (Å²) in [6.45, 7) is 3.85. The lowest BCUT2D eigenvalue weighted by Crippen LogP contribution is -2.36. The summed E-state index contributed by atoms with van der Waals surface area (Å²) in [5.74, 6) is -0.512. The second-order valence-corrected chi connectivity index (χ2v) is 4.72. The number of nitrogens with one attached hydrogen (secondary N) is 2. The van der Waals surface area contributed by atoms with E-state index >= 15 is 0 Å². The zero-order chi connectivity index (χ0) is 15.8. The molecule has 0 aliphatic heterocycles. The van der Waals surface area contributed by atoms with Crippen LogP contribution in [-0.2, 0) is 4.79 Å². The van der Waals surface area contributed by atoms with E-state index in [-0.39, 0.29) is 18.4 Å². The third-order valence-corrected chi connectivity index (χ3v) is 3.11. The van der Waals surface area contributed by atoms with Crippen molar-refractivity contribution < 1.29 is 9.59 Å². The Morgan fingerprint density at radius 3 is 2.18 bits per heavy atom. The number of rotatable bonds is 6. The summed E-state index contributed by atoms with van der Waals surface area (Å²) in [6, 6.07) is 17.2. The first kappa shape index (κ1) is 15.5. The zero-order valence-electron chi connectivity index (χ0n) is 12.2. The quantitative estimate of drug-likeness (QED) is 0.804. The Morgan fingerprint density at radius 1 is 0.909 bits per heavy atom. The standard InChI is InChI=1S/C18H18N2O2/c1-2-12-19-17(21)13-20-18(22)16-10-8-15(9-11-16)14-6-4-3-5-7-14/h2-11H,1,12-13H2,(H,19,21)(H,20,22). The lowest BCUT2D eigenvalue weighted by atomic mass is 10.0. The predicted octanol–water partition coefficient (Wildman–Crippen LogP) is 2.39. The second-order valence-electron chi connectivity index (χ2n) is 4.72. The number of benzene rings is 2. The Hall–Kier alpha value is -2.88. The van der Waals surface area contributed by atoms with Gasteiger partial charge < -0.3 is 10.6 Å². The van der Waals surface area contributed by atoms with Crippen molar-refractivity contribution in [3.63, 3.8) is 0 Å². The summed E-state index contributed by atoms with van der Waals surface area (Å²) in [6.07, 6.45) is 1.59. The van der Waals surface area contributed by atoms with Crippen molar-refractivity contribution in [2.24, 2.45) is 0 Å². The van der Waals surface area contributed by atoms with E-state index in [0.717, 1.165) is 11.1 Å². The van der Waals surface area contributed by atoms with Crippen LogP contribution in [0.1, 0.15) is 10.4 Å². The minimum Gasteiger partial charge on any atom is -0.351 e. The average Bonchev–Trinajstić information content (AvgIpc) is 2.58. The van der Waals surface area contributed by atoms with Gasteiger partial charge in [-0.2, -0.15) is 0 Å². The minimum absolute atomic E-state index is 0.0485. The van der Waals surface area contributed by atoms with Crippen LogP contribution in [0.2, 0.25) is 0 Å². The Labute approximate surface area is 129 Å². The lowest BCUT2D eigenvalue weighted by Gasteiger charge is -2.06. The molecule has 0 aromatic heterocycles. The molecule has 0 bridgehead atoms. The molecular weight excluding hydrogens is 276 g/mol. The monoisotopic (exact) mass is 294 g/mol. The number of hydrogen-bond donors (Lipinski definition) is 2. The lowest BCUT2D eigenvalue weighted by molar-refractivity contribution is -0.119. The number of carbonyl (C=O) groups is 2. The molecule has 0 saturated heterocycles. The van der Waals surface area contributed by atoms with E-state index in [2.05, 4.69) is 17.2 Å². The first-order valence-electron chi connectivity index (χ1n) is 7.02. The molecule has 2 aromatic rings. The largest absolute Gasteiger partial charge is 0.351 e. The molecule has 0 saturated carbocycles. The van der Waals surface area contributed by atoms with Gasteiger partial charge in [0.25, 0.3) is 5.91 Å². The maximum Gasteiger partial charge on any atom is 0.251 e. The van der Waals surface area contributed by atoms with Crippen molar-refractivity contribution >= 4 is 11.8 Å². The highest BCUT2D eigenvalue weighted by atomic mass is 16.2. The van der Waals surface area contributed by atoms with Crippen LogP contribution in [0.4, 0.5) is 0 Å².